The van der Waals surface area contributed by atoms with Crippen molar-refractivity contribution in [3.8, 4) is 0 Å². The van der Waals surface area contributed by atoms with Crippen LogP contribution in [-0.2, 0) is 16.1 Å². The fraction of sp³-hybridized carbons (Fsp3) is 0.167. The molecule has 0 bridgehead atoms. The van der Waals surface area contributed by atoms with Crippen LogP contribution in [0.2, 0.25) is 10.0 Å². The molecule has 0 spiro atoms. The molecule has 134 valence electrons. The van der Waals surface area contributed by atoms with Gasteiger partial charge in [0.05, 0.1) is 10.9 Å². The van der Waals surface area contributed by atoms with Crippen LogP contribution in [0, 0.1) is 0 Å². The minimum absolute atomic E-state index is 0.0754. The number of benzene rings is 2. The summed E-state index contributed by atoms with van der Waals surface area (Å²) in [5, 5.41) is 3.14. The van der Waals surface area contributed by atoms with Crippen LogP contribution in [0.25, 0.3) is 0 Å². The van der Waals surface area contributed by atoms with Crippen LogP contribution < -0.4 is 10.2 Å². The third-order valence-corrected chi connectivity index (χ3v) is 4.96. The van der Waals surface area contributed by atoms with Crippen molar-refractivity contribution in [2.75, 3.05) is 4.90 Å². The number of hydrogen-bond donors (Lipinski definition) is 2. The molecule has 26 heavy (non-hydrogen) atoms. The summed E-state index contributed by atoms with van der Waals surface area (Å²) in [7, 11) is 0. The first-order valence-corrected chi connectivity index (χ1v) is 9.01. The molecule has 0 saturated carbocycles. The summed E-state index contributed by atoms with van der Waals surface area (Å²) in [5.74, 6) is -0.953. The number of amides is 3. The molecule has 3 rings (SSSR count). The Morgan fingerprint density at radius 2 is 1.85 bits per heavy atom. The number of rotatable bonds is 4. The van der Waals surface area contributed by atoms with Crippen molar-refractivity contribution < 1.29 is 14.4 Å². The maximum Gasteiger partial charge on any atom is 0.251 e. The van der Waals surface area contributed by atoms with E-state index in [0.29, 0.717) is 21.3 Å². The monoisotopic (exact) mass is 408 g/mol. The minimum atomic E-state index is -0.616. The second-order valence-electron chi connectivity index (χ2n) is 5.75. The van der Waals surface area contributed by atoms with E-state index >= 15 is 0 Å². The van der Waals surface area contributed by atoms with E-state index in [0.717, 1.165) is 10.5 Å². The number of carbonyl (C=O) groups excluding carboxylic acids is 3. The first kappa shape index (κ1) is 18.8. The van der Waals surface area contributed by atoms with Gasteiger partial charge in [-0.3, -0.25) is 14.4 Å². The molecule has 2 aromatic carbocycles. The van der Waals surface area contributed by atoms with Crippen LogP contribution in [-0.4, -0.2) is 23.0 Å². The molecule has 0 unspecified atom stereocenters. The van der Waals surface area contributed by atoms with Gasteiger partial charge in [0.15, 0.2) is 0 Å². The van der Waals surface area contributed by atoms with E-state index in [9.17, 15) is 14.4 Å². The second-order valence-corrected chi connectivity index (χ2v) is 7.22. The van der Waals surface area contributed by atoms with Crippen LogP contribution >= 0.6 is 35.8 Å². The number of hydrogen-bond acceptors (Lipinski definition) is 4. The fourth-order valence-electron chi connectivity index (χ4n) is 2.59. The SMILES string of the molecule is O=C(NCc1ccc(Cl)cc1Cl)c1ccc(N2C(=O)C[C@@H](S)C2=O)cc1. The topological polar surface area (TPSA) is 66.5 Å². The molecule has 1 fully saturated rings. The lowest BCUT2D eigenvalue weighted by molar-refractivity contribution is -0.121. The van der Waals surface area contributed by atoms with Crippen molar-refractivity contribution >= 4 is 59.2 Å². The zero-order chi connectivity index (χ0) is 18.8. The number of carbonyl (C=O) groups is 3. The Bertz CT molecular complexity index is 887. The standard InChI is InChI=1S/C18H14Cl2N2O3S/c19-12-4-1-11(14(20)7-12)9-21-17(24)10-2-5-13(6-3-10)22-16(23)8-15(26)18(22)25/h1-7,15,26H,8-9H2,(H,21,24)/t15-/m1/s1. The lowest BCUT2D eigenvalue weighted by Crippen LogP contribution is -2.30. The highest BCUT2D eigenvalue weighted by Crippen LogP contribution is 2.26. The van der Waals surface area contributed by atoms with Crippen molar-refractivity contribution in [1.82, 2.24) is 5.32 Å². The van der Waals surface area contributed by atoms with E-state index in [2.05, 4.69) is 17.9 Å². The Balaban J connectivity index is 1.67. The molecule has 1 aliphatic rings. The Morgan fingerprint density at radius 3 is 2.42 bits per heavy atom. The third-order valence-electron chi connectivity index (χ3n) is 3.97. The number of thiol groups is 1. The number of nitrogens with one attached hydrogen (secondary N) is 1. The van der Waals surface area contributed by atoms with Gasteiger partial charge in [-0.25, -0.2) is 4.90 Å². The zero-order valence-corrected chi connectivity index (χ0v) is 15.8. The van der Waals surface area contributed by atoms with E-state index in [1.165, 1.54) is 0 Å². The molecule has 3 amide bonds. The Labute approximate surface area is 165 Å². The minimum Gasteiger partial charge on any atom is -0.348 e. The summed E-state index contributed by atoms with van der Waals surface area (Å²) < 4.78 is 0. The van der Waals surface area contributed by atoms with E-state index in [1.807, 2.05) is 0 Å². The van der Waals surface area contributed by atoms with Gasteiger partial charge in [-0.2, -0.15) is 12.6 Å². The molecule has 0 aliphatic carbocycles. The summed E-state index contributed by atoms with van der Waals surface area (Å²) in [5.41, 5.74) is 1.57. The molecule has 1 saturated heterocycles. The Kier molecular flexibility index (Phi) is 5.55. The van der Waals surface area contributed by atoms with Crippen LogP contribution in [0.3, 0.4) is 0 Å². The van der Waals surface area contributed by atoms with Gasteiger partial charge in [-0.05, 0) is 42.0 Å². The molecule has 0 aromatic heterocycles. The van der Waals surface area contributed by atoms with Gasteiger partial charge >= 0.3 is 0 Å². The Hall–Kier alpha value is -2.02. The van der Waals surface area contributed by atoms with Gasteiger partial charge in [0.2, 0.25) is 11.8 Å². The molecule has 1 heterocycles. The highest BCUT2D eigenvalue weighted by Gasteiger charge is 2.37. The van der Waals surface area contributed by atoms with Gasteiger partial charge < -0.3 is 5.32 Å². The van der Waals surface area contributed by atoms with Crippen LogP contribution in [0.1, 0.15) is 22.3 Å². The van der Waals surface area contributed by atoms with E-state index in [1.54, 1.807) is 42.5 Å². The maximum absolute atomic E-state index is 12.3. The highest BCUT2D eigenvalue weighted by atomic mass is 35.5. The van der Waals surface area contributed by atoms with Crippen molar-refractivity contribution in [2.45, 2.75) is 18.2 Å². The number of anilines is 1. The molecule has 1 aliphatic heterocycles. The van der Waals surface area contributed by atoms with Crippen LogP contribution in [0.5, 0.6) is 0 Å². The molecule has 8 heteroatoms. The van der Waals surface area contributed by atoms with Crippen LogP contribution in [0.15, 0.2) is 42.5 Å². The van der Waals surface area contributed by atoms with Gasteiger partial charge in [-0.1, -0.05) is 29.3 Å². The molecular formula is C18H14Cl2N2O3S. The largest absolute Gasteiger partial charge is 0.348 e. The van der Waals surface area contributed by atoms with Crippen molar-refractivity contribution in [3.05, 3.63) is 63.6 Å². The predicted molar refractivity (Wildman–Crippen MR) is 104 cm³/mol. The quantitative estimate of drug-likeness (QED) is 0.600. The summed E-state index contributed by atoms with van der Waals surface area (Å²) >= 11 is 16.0. The van der Waals surface area contributed by atoms with Gasteiger partial charge in [0.1, 0.15) is 0 Å². The van der Waals surface area contributed by atoms with E-state index in [4.69, 9.17) is 23.2 Å². The number of halogens is 2. The zero-order valence-electron chi connectivity index (χ0n) is 13.4. The van der Waals surface area contributed by atoms with Crippen molar-refractivity contribution in [2.24, 2.45) is 0 Å². The Morgan fingerprint density at radius 1 is 1.15 bits per heavy atom. The summed E-state index contributed by atoms with van der Waals surface area (Å²) in [4.78, 5) is 37.2. The highest BCUT2D eigenvalue weighted by molar-refractivity contribution is 7.82. The van der Waals surface area contributed by atoms with E-state index in [-0.39, 0.29) is 30.7 Å². The fourth-order valence-corrected chi connectivity index (χ4v) is 3.34. The lowest BCUT2D eigenvalue weighted by atomic mass is 10.1. The third kappa shape index (κ3) is 3.87. The molecule has 5 nitrogen and oxygen atoms in total. The van der Waals surface area contributed by atoms with Gasteiger partial charge in [-0.15, -0.1) is 0 Å². The molecule has 2 aromatic rings. The predicted octanol–water partition coefficient (Wildman–Crippen LogP) is 3.49. The normalized spacial score (nSPS) is 16.9. The van der Waals surface area contributed by atoms with Gasteiger partial charge in [0, 0.05) is 28.6 Å². The molecular weight excluding hydrogens is 395 g/mol. The smallest absolute Gasteiger partial charge is 0.251 e. The summed E-state index contributed by atoms with van der Waals surface area (Å²) in [6.45, 7) is 0.251. The number of imide groups is 1. The first-order chi connectivity index (χ1) is 12.4. The summed E-state index contributed by atoms with van der Waals surface area (Å²) in [6.07, 6.45) is 0.0754. The average molecular weight is 409 g/mol. The second kappa shape index (κ2) is 7.70. The van der Waals surface area contributed by atoms with Crippen molar-refractivity contribution in [1.29, 1.82) is 0 Å². The van der Waals surface area contributed by atoms with Crippen LogP contribution in [0.4, 0.5) is 5.69 Å². The lowest BCUT2D eigenvalue weighted by Gasteiger charge is -2.14. The molecule has 1 atom stereocenters. The maximum atomic E-state index is 12.3. The van der Waals surface area contributed by atoms with Gasteiger partial charge in [0.25, 0.3) is 5.91 Å². The first-order valence-electron chi connectivity index (χ1n) is 7.74. The average Bonchev–Trinajstić information content (AvgIpc) is 2.86. The summed E-state index contributed by atoms with van der Waals surface area (Å²) in [6, 6.07) is 11.3. The van der Waals surface area contributed by atoms with E-state index < -0.39 is 5.25 Å². The van der Waals surface area contributed by atoms with Crippen molar-refractivity contribution in [3.63, 3.8) is 0 Å². The number of nitrogens with zero attached hydrogens (tertiary/aromatic N) is 1. The molecule has 0 radical (unpaired) electrons. The molecule has 1 N–H and O–H groups in total.